The van der Waals surface area contributed by atoms with E-state index in [1.54, 1.807) is 0 Å². The Morgan fingerprint density at radius 1 is 1.15 bits per heavy atom. The first-order chi connectivity index (χ1) is 12.3. The zero-order valence-corrected chi connectivity index (χ0v) is 13.5. The Kier molecular flexibility index (Phi) is 6.05. The van der Waals surface area contributed by atoms with Crippen molar-refractivity contribution >= 4 is 23.3 Å². The van der Waals surface area contributed by atoms with Crippen molar-refractivity contribution in [1.29, 1.82) is 0 Å². The molecule has 0 radical (unpaired) electrons. The molecule has 0 unspecified atom stereocenters. The van der Waals surface area contributed by atoms with Gasteiger partial charge in [-0.05, 0) is 37.3 Å². The van der Waals surface area contributed by atoms with E-state index in [1.807, 2.05) is 0 Å². The zero-order valence-electron chi connectivity index (χ0n) is 13.5. The van der Waals surface area contributed by atoms with Crippen LogP contribution in [0.5, 0.6) is 5.75 Å². The maximum Gasteiger partial charge on any atom is 0.387 e. The fourth-order valence-corrected chi connectivity index (χ4v) is 2.00. The predicted octanol–water partition coefficient (Wildman–Crippen LogP) is 3.19. The maximum atomic E-state index is 13.0. The van der Waals surface area contributed by atoms with Gasteiger partial charge in [-0.3, -0.25) is 4.79 Å². The topological polar surface area (TPSA) is 90.7 Å². The molecule has 1 atom stereocenters. The van der Waals surface area contributed by atoms with E-state index in [2.05, 4.69) is 10.1 Å². The molecule has 0 saturated heterocycles. The summed E-state index contributed by atoms with van der Waals surface area (Å²) in [7, 11) is 0. The van der Waals surface area contributed by atoms with Crippen molar-refractivity contribution in [1.82, 2.24) is 0 Å². The molecule has 0 aromatic heterocycles. The Hall–Kier alpha value is -3.23. The van der Waals surface area contributed by atoms with Crippen LogP contribution in [-0.4, -0.2) is 24.6 Å². The van der Waals surface area contributed by atoms with Gasteiger partial charge in [-0.2, -0.15) is 8.78 Å². The molecule has 2 rings (SSSR count). The van der Waals surface area contributed by atoms with E-state index in [9.17, 15) is 22.8 Å². The minimum absolute atomic E-state index is 0.0120. The number of carbonyl (C=O) groups excluding carboxylic acids is 2. The highest BCUT2D eigenvalue weighted by molar-refractivity contribution is 5.99. The first kappa shape index (κ1) is 19.1. The van der Waals surface area contributed by atoms with E-state index in [1.165, 1.54) is 31.2 Å². The third-order valence-corrected chi connectivity index (χ3v) is 3.25. The number of esters is 1. The third kappa shape index (κ3) is 4.88. The average molecular weight is 368 g/mol. The second-order valence-corrected chi connectivity index (χ2v) is 5.14. The number of para-hydroxylation sites is 2. The summed E-state index contributed by atoms with van der Waals surface area (Å²) < 4.78 is 47.0. The first-order valence-electron chi connectivity index (χ1n) is 7.38. The summed E-state index contributed by atoms with van der Waals surface area (Å²) in [6.07, 6.45) is -1.27. The summed E-state index contributed by atoms with van der Waals surface area (Å²) >= 11 is 0. The normalized spacial score (nSPS) is 11.7. The van der Waals surface area contributed by atoms with Gasteiger partial charge in [0.15, 0.2) is 6.10 Å². The number of amides is 1. The smallest absolute Gasteiger partial charge is 0.387 e. The monoisotopic (exact) mass is 368 g/mol. The first-order valence-corrected chi connectivity index (χ1v) is 7.38. The lowest BCUT2D eigenvalue weighted by Gasteiger charge is -2.16. The Bertz CT molecular complexity index is 814. The van der Waals surface area contributed by atoms with Gasteiger partial charge in [0.1, 0.15) is 11.6 Å². The lowest BCUT2D eigenvalue weighted by atomic mass is 10.2. The van der Waals surface area contributed by atoms with Crippen LogP contribution in [0.4, 0.5) is 24.5 Å². The number of benzene rings is 2. The number of alkyl halides is 2. The number of nitrogen functional groups attached to an aromatic ring is 1. The number of nitrogens with one attached hydrogen (secondary N) is 1. The molecule has 0 aliphatic rings. The molecule has 26 heavy (non-hydrogen) atoms. The van der Waals surface area contributed by atoms with Gasteiger partial charge in [-0.1, -0.05) is 12.1 Å². The lowest BCUT2D eigenvalue weighted by Crippen LogP contribution is -2.30. The van der Waals surface area contributed by atoms with Crippen LogP contribution >= 0.6 is 0 Å². The number of rotatable bonds is 6. The Morgan fingerprint density at radius 3 is 2.50 bits per heavy atom. The van der Waals surface area contributed by atoms with Crippen LogP contribution in [0.2, 0.25) is 0 Å². The number of halogens is 3. The summed E-state index contributed by atoms with van der Waals surface area (Å²) in [5.41, 5.74) is 5.28. The van der Waals surface area contributed by atoms with Crippen molar-refractivity contribution in [3.63, 3.8) is 0 Å². The molecule has 2 aromatic carbocycles. The van der Waals surface area contributed by atoms with Gasteiger partial charge in [0.05, 0.1) is 11.3 Å². The van der Waals surface area contributed by atoms with Crippen LogP contribution < -0.4 is 15.8 Å². The van der Waals surface area contributed by atoms with E-state index in [4.69, 9.17) is 10.5 Å². The molecule has 138 valence electrons. The van der Waals surface area contributed by atoms with Crippen molar-refractivity contribution in [3.8, 4) is 5.75 Å². The van der Waals surface area contributed by atoms with E-state index >= 15 is 0 Å². The van der Waals surface area contributed by atoms with Crippen LogP contribution in [0, 0.1) is 5.82 Å². The molecular weight excluding hydrogens is 353 g/mol. The van der Waals surface area contributed by atoms with Crippen molar-refractivity contribution in [2.45, 2.75) is 19.6 Å². The van der Waals surface area contributed by atoms with Gasteiger partial charge >= 0.3 is 12.6 Å². The van der Waals surface area contributed by atoms with E-state index in [-0.39, 0.29) is 22.7 Å². The highest BCUT2D eigenvalue weighted by Gasteiger charge is 2.22. The molecule has 0 heterocycles. The molecule has 3 N–H and O–H groups in total. The van der Waals surface area contributed by atoms with Crippen LogP contribution in [0.25, 0.3) is 0 Å². The van der Waals surface area contributed by atoms with Crippen molar-refractivity contribution in [3.05, 3.63) is 53.8 Å². The quantitative estimate of drug-likeness (QED) is 0.604. The van der Waals surface area contributed by atoms with E-state index < -0.39 is 30.4 Å². The largest absolute Gasteiger partial charge is 0.449 e. The van der Waals surface area contributed by atoms with E-state index in [0.29, 0.717) is 0 Å². The van der Waals surface area contributed by atoms with E-state index in [0.717, 1.165) is 18.2 Å². The van der Waals surface area contributed by atoms with Crippen LogP contribution in [0.1, 0.15) is 17.3 Å². The Labute approximate surface area is 146 Å². The summed E-state index contributed by atoms with van der Waals surface area (Å²) in [6, 6.07) is 8.65. The van der Waals surface area contributed by atoms with Crippen LogP contribution in [0.3, 0.4) is 0 Å². The summed E-state index contributed by atoms with van der Waals surface area (Å²) in [5.74, 6) is -2.57. The minimum Gasteiger partial charge on any atom is -0.449 e. The standard InChI is InChI=1S/C17H15F3N2O4/c1-9(25-16(24)11-7-6-10(18)8-12(11)21)15(23)22-13-4-2-3-5-14(13)26-17(19)20/h2-9,17H,21H2,1H3,(H,22,23)/t9-/m0/s1. The molecule has 0 aliphatic carbocycles. The molecule has 0 fully saturated rings. The SMILES string of the molecule is C[C@H](OC(=O)c1ccc(F)cc1N)C(=O)Nc1ccccc1OC(F)F. The molecule has 1 amide bonds. The number of nitrogens with two attached hydrogens (primary N) is 1. The number of hydrogen-bond donors (Lipinski definition) is 2. The minimum atomic E-state index is -3.07. The van der Waals surface area contributed by atoms with Gasteiger partial charge < -0.3 is 20.5 Å². The highest BCUT2D eigenvalue weighted by Crippen LogP contribution is 2.26. The molecule has 6 nitrogen and oxygen atoms in total. The maximum absolute atomic E-state index is 13.0. The number of hydrogen-bond acceptors (Lipinski definition) is 5. The van der Waals surface area contributed by atoms with Gasteiger partial charge in [-0.15, -0.1) is 0 Å². The van der Waals surface area contributed by atoms with Gasteiger partial charge in [-0.25, -0.2) is 9.18 Å². The number of anilines is 2. The second kappa shape index (κ2) is 8.24. The summed E-state index contributed by atoms with van der Waals surface area (Å²) in [4.78, 5) is 24.2. The fraction of sp³-hybridized carbons (Fsp3) is 0.176. The predicted molar refractivity (Wildman–Crippen MR) is 87.4 cm³/mol. The van der Waals surface area contributed by atoms with Gasteiger partial charge in [0.25, 0.3) is 5.91 Å². The molecule has 0 saturated carbocycles. The fourth-order valence-electron chi connectivity index (χ4n) is 2.00. The number of ether oxygens (including phenoxy) is 2. The van der Waals surface area contributed by atoms with Crippen LogP contribution in [-0.2, 0) is 9.53 Å². The van der Waals surface area contributed by atoms with Crippen molar-refractivity contribution < 1.29 is 32.2 Å². The molecule has 2 aromatic rings. The Morgan fingerprint density at radius 2 is 1.85 bits per heavy atom. The van der Waals surface area contributed by atoms with Gasteiger partial charge in [0, 0.05) is 5.69 Å². The lowest BCUT2D eigenvalue weighted by molar-refractivity contribution is -0.123. The highest BCUT2D eigenvalue weighted by atomic mass is 19.3. The van der Waals surface area contributed by atoms with Crippen LogP contribution in [0.15, 0.2) is 42.5 Å². The molecule has 0 aliphatic heterocycles. The van der Waals surface area contributed by atoms with Crippen molar-refractivity contribution in [2.75, 3.05) is 11.1 Å². The summed E-state index contributed by atoms with van der Waals surface area (Å²) in [6.45, 7) is -1.78. The van der Waals surface area contributed by atoms with Gasteiger partial charge in [0.2, 0.25) is 0 Å². The molecule has 0 spiro atoms. The Balaban J connectivity index is 2.05. The summed E-state index contributed by atoms with van der Waals surface area (Å²) in [5, 5.41) is 2.33. The molecular formula is C17H15F3N2O4. The van der Waals surface area contributed by atoms with Crippen molar-refractivity contribution in [2.24, 2.45) is 0 Å². The molecule has 0 bridgehead atoms. The zero-order chi connectivity index (χ0) is 19.3. The average Bonchev–Trinajstić information content (AvgIpc) is 2.55. The number of carbonyl (C=O) groups is 2. The second-order valence-electron chi connectivity index (χ2n) is 5.14. The molecule has 9 heteroatoms. The third-order valence-electron chi connectivity index (χ3n) is 3.25.